The van der Waals surface area contributed by atoms with Gasteiger partial charge in [-0.05, 0) is 96.9 Å². The summed E-state index contributed by atoms with van der Waals surface area (Å²) in [6.07, 6.45) is 2.88. The van der Waals surface area contributed by atoms with Crippen molar-refractivity contribution in [3.63, 3.8) is 0 Å². The lowest BCUT2D eigenvalue weighted by Crippen LogP contribution is -2.19. The molecule has 0 radical (unpaired) electrons. The van der Waals surface area contributed by atoms with Crippen molar-refractivity contribution < 1.29 is 31.1 Å². The normalized spacial score (nSPS) is 12.0. The van der Waals surface area contributed by atoms with E-state index in [2.05, 4.69) is 10.8 Å². The SMILES string of the molecule is C/C=C/CCc1ccc(CCc2ccc3c(F)c(CCc4ccc(OCC(F)(F)F)c(F)c4)ccc3c2)c(F)c1. The van der Waals surface area contributed by atoms with Gasteiger partial charge in [0.05, 0.1) is 0 Å². The van der Waals surface area contributed by atoms with Gasteiger partial charge in [-0.3, -0.25) is 0 Å². The molecular weight excluding hydrogens is 526 g/mol. The number of hydrogen-bond acceptors (Lipinski definition) is 1. The zero-order chi connectivity index (χ0) is 28.7. The van der Waals surface area contributed by atoms with E-state index in [9.17, 15) is 22.0 Å². The largest absolute Gasteiger partial charge is 0.481 e. The van der Waals surface area contributed by atoms with Gasteiger partial charge >= 0.3 is 6.18 Å². The summed E-state index contributed by atoms with van der Waals surface area (Å²) in [6.45, 7) is 0.386. The number of benzene rings is 4. The second kappa shape index (κ2) is 13.1. The molecule has 0 aromatic heterocycles. The van der Waals surface area contributed by atoms with E-state index in [4.69, 9.17) is 0 Å². The van der Waals surface area contributed by atoms with Gasteiger partial charge in [-0.1, -0.05) is 60.7 Å². The number of halogens is 6. The van der Waals surface area contributed by atoms with Crippen LogP contribution in [0.1, 0.15) is 41.2 Å². The summed E-state index contributed by atoms with van der Waals surface area (Å²) >= 11 is 0. The molecule has 0 saturated heterocycles. The standard InChI is InChI=1S/C33H30F6O/c1-2-3-4-5-22-6-11-25(29(34)19-22)12-7-23-9-16-28-27(18-23)15-14-26(32(28)36)13-8-24-10-17-31(30(35)20-24)40-21-33(37,38)39/h2-3,6,9-11,14-20H,4-5,7-8,12-13,21H2,1H3/b3-2+. The van der Waals surface area contributed by atoms with Crippen LogP contribution in [0.15, 0.2) is 78.9 Å². The Morgan fingerprint density at radius 2 is 1.30 bits per heavy atom. The number of aryl methyl sites for hydroxylation is 5. The molecule has 1 nitrogen and oxygen atoms in total. The smallest absolute Gasteiger partial charge is 0.422 e. The molecule has 0 aliphatic rings. The summed E-state index contributed by atoms with van der Waals surface area (Å²) in [6, 6.07) is 18.1. The molecule has 40 heavy (non-hydrogen) atoms. The minimum atomic E-state index is -4.56. The third-order valence-electron chi connectivity index (χ3n) is 6.80. The molecule has 0 bridgehead atoms. The van der Waals surface area contributed by atoms with Crippen LogP contribution in [0.2, 0.25) is 0 Å². The van der Waals surface area contributed by atoms with E-state index < -0.39 is 24.3 Å². The van der Waals surface area contributed by atoms with Crippen LogP contribution in [0.5, 0.6) is 5.75 Å². The van der Waals surface area contributed by atoms with Gasteiger partial charge in [0.25, 0.3) is 0 Å². The monoisotopic (exact) mass is 556 g/mol. The molecular formula is C33H30F6O. The predicted molar refractivity (Wildman–Crippen MR) is 146 cm³/mol. The molecule has 4 aromatic carbocycles. The molecule has 0 atom stereocenters. The zero-order valence-electron chi connectivity index (χ0n) is 22.1. The molecule has 7 heteroatoms. The van der Waals surface area contributed by atoms with E-state index in [1.165, 1.54) is 6.07 Å². The lowest BCUT2D eigenvalue weighted by atomic mass is 9.97. The van der Waals surface area contributed by atoms with Gasteiger partial charge < -0.3 is 4.74 Å². The Labute approximate surface area is 230 Å². The third kappa shape index (κ3) is 7.90. The molecule has 0 saturated carbocycles. The van der Waals surface area contributed by atoms with Crippen molar-refractivity contribution in [2.24, 2.45) is 0 Å². The fraction of sp³-hybridized carbons (Fsp3) is 0.273. The van der Waals surface area contributed by atoms with Crippen LogP contribution in [0.3, 0.4) is 0 Å². The van der Waals surface area contributed by atoms with Crippen molar-refractivity contribution in [3.8, 4) is 5.75 Å². The van der Waals surface area contributed by atoms with Crippen molar-refractivity contribution in [3.05, 3.63) is 124 Å². The Morgan fingerprint density at radius 1 is 0.675 bits per heavy atom. The fourth-order valence-corrected chi connectivity index (χ4v) is 4.64. The first-order valence-corrected chi connectivity index (χ1v) is 13.2. The Hall–Kier alpha value is -3.74. The highest BCUT2D eigenvalue weighted by atomic mass is 19.4. The van der Waals surface area contributed by atoms with E-state index in [-0.39, 0.29) is 18.1 Å². The van der Waals surface area contributed by atoms with Gasteiger partial charge in [0.15, 0.2) is 18.2 Å². The molecule has 0 fully saturated rings. The molecule has 0 aliphatic heterocycles. The van der Waals surface area contributed by atoms with Crippen LogP contribution in [-0.2, 0) is 32.1 Å². The number of alkyl halides is 3. The second-order valence-corrected chi connectivity index (χ2v) is 9.80. The first-order valence-electron chi connectivity index (χ1n) is 13.2. The summed E-state index contributed by atoms with van der Waals surface area (Å²) < 4.78 is 85.4. The summed E-state index contributed by atoms with van der Waals surface area (Å²) in [4.78, 5) is 0. The van der Waals surface area contributed by atoms with Crippen molar-refractivity contribution in [2.75, 3.05) is 6.61 Å². The summed E-state index contributed by atoms with van der Waals surface area (Å²) in [7, 11) is 0. The maximum atomic E-state index is 15.3. The highest BCUT2D eigenvalue weighted by Gasteiger charge is 2.29. The van der Waals surface area contributed by atoms with E-state index >= 15 is 4.39 Å². The van der Waals surface area contributed by atoms with E-state index in [1.807, 2.05) is 43.3 Å². The minimum absolute atomic E-state index is 0.210. The predicted octanol–water partition coefficient (Wildman–Crippen LogP) is 9.28. The molecule has 0 heterocycles. The van der Waals surface area contributed by atoms with E-state index in [0.29, 0.717) is 41.3 Å². The Morgan fingerprint density at radius 3 is 2.00 bits per heavy atom. The Balaban J connectivity index is 1.38. The number of fused-ring (bicyclic) bond motifs is 1. The molecule has 0 aliphatic carbocycles. The Kier molecular flexibility index (Phi) is 9.56. The second-order valence-electron chi connectivity index (χ2n) is 9.80. The van der Waals surface area contributed by atoms with Gasteiger partial charge in [0.2, 0.25) is 0 Å². The third-order valence-corrected chi connectivity index (χ3v) is 6.80. The number of allylic oxidation sites excluding steroid dienone is 2. The molecule has 0 unspecified atom stereocenters. The van der Waals surface area contributed by atoms with E-state index in [1.54, 1.807) is 18.2 Å². The van der Waals surface area contributed by atoms with Crippen molar-refractivity contribution >= 4 is 10.8 Å². The number of ether oxygens (including phenoxy) is 1. The van der Waals surface area contributed by atoms with Gasteiger partial charge in [0, 0.05) is 5.39 Å². The summed E-state index contributed by atoms with van der Waals surface area (Å²) in [5.74, 6) is -1.95. The molecule has 0 N–H and O–H groups in total. The first-order chi connectivity index (χ1) is 19.1. The highest BCUT2D eigenvalue weighted by molar-refractivity contribution is 5.84. The molecule has 0 spiro atoms. The Bertz CT molecular complexity index is 1490. The van der Waals surface area contributed by atoms with Crippen LogP contribution in [0.25, 0.3) is 10.8 Å². The van der Waals surface area contributed by atoms with Crippen LogP contribution in [0.4, 0.5) is 26.3 Å². The fourth-order valence-electron chi connectivity index (χ4n) is 4.64. The topological polar surface area (TPSA) is 9.23 Å². The average Bonchev–Trinajstić information content (AvgIpc) is 2.91. The number of rotatable bonds is 11. The molecule has 4 aromatic rings. The van der Waals surface area contributed by atoms with Crippen molar-refractivity contribution in [1.82, 2.24) is 0 Å². The van der Waals surface area contributed by atoms with Gasteiger partial charge in [-0.15, -0.1) is 0 Å². The molecule has 0 amide bonds. The van der Waals surface area contributed by atoms with E-state index in [0.717, 1.165) is 41.5 Å². The molecule has 210 valence electrons. The lowest BCUT2D eigenvalue weighted by Gasteiger charge is -2.11. The lowest BCUT2D eigenvalue weighted by molar-refractivity contribution is -0.153. The average molecular weight is 557 g/mol. The summed E-state index contributed by atoms with van der Waals surface area (Å²) in [5.41, 5.74) is 3.56. The van der Waals surface area contributed by atoms with Crippen molar-refractivity contribution in [1.29, 1.82) is 0 Å². The van der Waals surface area contributed by atoms with Gasteiger partial charge in [-0.2, -0.15) is 13.2 Å². The maximum Gasteiger partial charge on any atom is 0.422 e. The quantitative estimate of drug-likeness (QED) is 0.132. The van der Waals surface area contributed by atoms with Gasteiger partial charge in [0.1, 0.15) is 11.6 Å². The maximum absolute atomic E-state index is 15.3. The number of hydrogen-bond donors (Lipinski definition) is 0. The van der Waals surface area contributed by atoms with Crippen LogP contribution in [0, 0.1) is 17.5 Å². The van der Waals surface area contributed by atoms with Gasteiger partial charge in [-0.25, -0.2) is 13.2 Å². The highest BCUT2D eigenvalue weighted by Crippen LogP contribution is 2.26. The first kappa shape index (κ1) is 29.2. The summed E-state index contributed by atoms with van der Waals surface area (Å²) in [5, 5.41) is 1.19. The minimum Gasteiger partial charge on any atom is -0.481 e. The zero-order valence-corrected chi connectivity index (χ0v) is 22.1. The van der Waals surface area contributed by atoms with Crippen LogP contribution < -0.4 is 4.74 Å². The van der Waals surface area contributed by atoms with Crippen LogP contribution in [-0.4, -0.2) is 12.8 Å². The van der Waals surface area contributed by atoms with Crippen LogP contribution >= 0.6 is 0 Å². The molecule has 4 rings (SSSR count). The van der Waals surface area contributed by atoms with Crippen molar-refractivity contribution in [2.45, 2.75) is 51.6 Å².